The third-order valence-corrected chi connectivity index (χ3v) is 6.56. The highest BCUT2D eigenvalue weighted by Gasteiger charge is 2.62. The zero-order chi connectivity index (χ0) is 15.9. The molecule has 0 heterocycles. The van der Waals surface area contributed by atoms with Gasteiger partial charge >= 0.3 is 5.97 Å². The summed E-state index contributed by atoms with van der Waals surface area (Å²) in [6.45, 7) is 11.5. The second-order valence-electron chi connectivity index (χ2n) is 7.71. The van der Waals surface area contributed by atoms with Gasteiger partial charge in [0.2, 0.25) is 0 Å². The number of nitrogens with one attached hydrogen (secondary N) is 1. The summed E-state index contributed by atoms with van der Waals surface area (Å²) < 4.78 is 11.4. The van der Waals surface area contributed by atoms with Crippen molar-refractivity contribution in [1.82, 2.24) is 5.32 Å². The number of fused-ring (bicyclic) bond motifs is 2. The molecular formula is C17H31NO3. The van der Waals surface area contributed by atoms with Gasteiger partial charge in [0, 0.05) is 0 Å². The number of carbonyl (C=O) groups is 1. The van der Waals surface area contributed by atoms with Crippen LogP contribution in [0.4, 0.5) is 0 Å². The minimum Gasteiger partial charge on any atom is -0.465 e. The third kappa shape index (κ3) is 2.50. The number of carbonyl (C=O) groups excluding carboxylic acids is 1. The van der Waals surface area contributed by atoms with E-state index in [9.17, 15) is 4.79 Å². The molecule has 2 fully saturated rings. The molecule has 2 bridgehead atoms. The average Bonchev–Trinajstić information content (AvgIpc) is 2.77. The van der Waals surface area contributed by atoms with Gasteiger partial charge in [-0.1, -0.05) is 20.8 Å². The lowest BCUT2D eigenvalue weighted by molar-refractivity contribution is -0.156. The largest absolute Gasteiger partial charge is 0.465 e. The van der Waals surface area contributed by atoms with Crippen LogP contribution in [0.2, 0.25) is 0 Å². The number of hydrogen-bond donors (Lipinski definition) is 1. The summed E-state index contributed by atoms with van der Waals surface area (Å²) in [5.41, 5.74) is -0.211. The zero-order valence-corrected chi connectivity index (χ0v) is 14.4. The average molecular weight is 297 g/mol. The van der Waals surface area contributed by atoms with E-state index in [4.69, 9.17) is 9.47 Å². The quantitative estimate of drug-likeness (QED) is 0.766. The maximum Gasteiger partial charge on any atom is 0.328 e. The first-order valence-electron chi connectivity index (χ1n) is 8.19. The number of esters is 1. The van der Waals surface area contributed by atoms with Gasteiger partial charge in [-0.3, -0.25) is 0 Å². The predicted octanol–water partition coefficient (Wildman–Crippen LogP) is 2.76. The summed E-state index contributed by atoms with van der Waals surface area (Å²) in [7, 11) is 1.78. The molecule has 2 saturated carbocycles. The lowest BCUT2D eigenvalue weighted by atomic mass is 9.70. The summed E-state index contributed by atoms with van der Waals surface area (Å²) in [4.78, 5) is 12.1. The van der Waals surface area contributed by atoms with Crippen LogP contribution < -0.4 is 5.32 Å². The molecule has 0 amide bonds. The molecule has 0 radical (unpaired) electrons. The molecule has 0 saturated heterocycles. The maximum absolute atomic E-state index is 12.1. The lowest BCUT2D eigenvalue weighted by Gasteiger charge is -2.40. The molecule has 0 aliphatic heterocycles. The first-order chi connectivity index (χ1) is 9.71. The maximum atomic E-state index is 12.1. The molecule has 21 heavy (non-hydrogen) atoms. The van der Waals surface area contributed by atoms with E-state index in [0.29, 0.717) is 18.6 Å². The Morgan fingerprint density at radius 2 is 2.05 bits per heavy atom. The molecule has 2 aliphatic rings. The Hall–Kier alpha value is -0.610. The Bertz CT molecular complexity index is 409. The summed E-state index contributed by atoms with van der Waals surface area (Å²) in [5.74, 6) is 0.510. The molecule has 0 aromatic rings. The van der Waals surface area contributed by atoms with Crippen molar-refractivity contribution >= 4 is 5.97 Å². The second kappa shape index (κ2) is 5.54. The fourth-order valence-electron chi connectivity index (χ4n) is 4.17. The van der Waals surface area contributed by atoms with Crippen LogP contribution in [0.3, 0.4) is 0 Å². The van der Waals surface area contributed by atoms with E-state index in [1.807, 2.05) is 13.8 Å². The fraction of sp³-hybridized carbons (Fsp3) is 0.941. The van der Waals surface area contributed by atoms with Gasteiger partial charge in [-0.05, 0) is 56.9 Å². The van der Waals surface area contributed by atoms with Crippen LogP contribution in [0, 0.1) is 16.7 Å². The lowest BCUT2D eigenvalue weighted by Crippen LogP contribution is -2.53. The van der Waals surface area contributed by atoms with E-state index in [1.165, 1.54) is 12.8 Å². The van der Waals surface area contributed by atoms with Crippen LogP contribution in [0.15, 0.2) is 0 Å². The van der Waals surface area contributed by atoms with Gasteiger partial charge in [0.05, 0.1) is 19.3 Å². The normalized spacial score (nSPS) is 36.5. The van der Waals surface area contributed by atoms with Crippen LogP contribution in [-0.4, -0.2) is 37.9 Å². The predicted molar refractivity (Wildman–Crippen MR) is 83.1 cm³/mol. The van der Waals surface area contributed by atoms with Gasteiger partial charge in [-0.25, -0.2) is 4.79 Å². The molecule has 0 aromatic heterocycles. The highest BCUT2D eigenvalue weighted by Crippen LogP contribution is 2.66. The number of rotatable bonds is 6. The molecule has 4 unspecified atom stereocenters. The van der Waals surface area contributed by atoms with E-state index >= 15 is 0 Å². The summed E-state index contributed by atoms with van der Waals surface area (Å²) in [6, 6.07) is 0. The van der Waals surface area contributed by atoms with Crippen molar-refractivity contribution < 1.29 is 14.3 Å². The molecule has 4 atom stereocenters. The van der Waals surface area contributed by atoms with Crippen molar-refractivity contribution in [2.75, 3.05) is 20.3 Å². The smallest absolute Gasteiger partial charge is 0.328 e. The fourth-order valence-corrected chi connectivity index (χ4v) is 4.17. The SMILES string of the molecule is CCOC(=O)C(C)(COC1CC2CCC1(C)C2(C)C)NC. The molecule has 2 rings (SSSR count). The van der Waals surface area contributed by atoms with Gasteiger partial charge in [0.1, 0.15) is 5.54 Å². The highest BCUT2D eigenvalue weighted by atomic mass is 16.5. The van der Waals surface area contributed by atoms with E-state index in [2.05, 4.69) is 26.1 Å². The Morgan fingerprint density at radius 1 is 1.38 bits per heavy atom. The number of ether oxygens (including phenoxy) is 2. The topological polar surface area (TPSA) is 47.6 Å². The van der Waals surface area contributed by atoms with Crippen molar-refractivity contribution in [1.29, 1.82) is 0 Å². The molecule has 2 aliphatic carbocycles. The summed E-state index contributed by atoms with van der Waals surface area (Å²) >= 11 is 0. The first-order valence-corrected chi connectivity index (χ1v) is 8.19. The Kier molecular flexibility index (Phi) is 4.42. The van der Waals surface area contributed by atoms with Crippen LogP contribution in [0.1, 0.15) is 53.9 Å². The van der Waals surface area contributed by atoms with Gasteiger partial charge in [0.15, 0.2) is 0 Å². The Labute approximate surface area is 129 Å². The summed E-state index contributed by atoms with van der Waals surface area (Å²) in [6.07, 6.45) is 3.90. The van der Waals surface area contributed by atoms with Crippen molar-refractivity contribution in [3.05, 3.63) is 0 Å². The molecule has 4 nitrogen and oxygen atoms in total. The van der Waals surface area contributed by atoms with Crippen molar-refractivity contribution in [3.8, 4) is 0 Å². The van der Waals surface area contributed by atoms with Gasteiger partial charge in [-0.15, -0.1) is 0 Å². The van der Waals surface area contributed by atoms with Crippen molar-refractivity contribution in [2.45, 2.75) is 65.5 Å². The second-order valence-corrected chi connectivity index (χ2v) is 7.71. The van der Waals surface area contributed by atoms with Crippen LogP contribution in [0.25, 0.3) is 0 Å². The van der Waals surface area contributed by atoms with E-state index < -0.39 is 5.54 Å². The van der Waals surface area contributed by atoms with Crippen LogP contribution in [-0.2, 0) is 14.3 Å². The van der Waals surface area contributed by atoms with Crippen LogP contribution >= 0.6 is 0 Å². The van der Waals surface area contributed by atoms with Gasteiger partial charge in [-0.2, -0.15) is 0 Å². The van der Waals surface area contributed by atoms with Crippen molar-refractivity contribution in [3.63, 3.8) is 0 Å². The number of hydrogen-bond acceptors (Lipinski definition) is 4. The zero-order valence-electron chi connectivity index (χ0n) is 14.4. The third-order valence-electron chi connectivity index (χ3n) is 6.56. The van der Waals surface area contributed by atoms with Gasteiger partial charge in [0.25, 0.3) is 0 Å². The monoisotopic (exact) mass is 297 g/mol. The first kappa shape index (κ1) is 16.8. The van der Waals surface area contributed by atoms with Crippen molar-refractivity contribution in [2.24, 2.45) is 16.7 Å². The molecule has 4 heteroatoms. The molecular weight excluding hydrogens is 266 g/mol. The Balaban J connectivity index is 2.02. The summed E-state index contributed by atoms with van der Waals surface area (Å²) in [5, 5.41) is 3.06. The molecule has 0 aromatic carbocycles. The minimum atomic E-state index is -0.766. The molecule has 0 spiro atoms. The standard InChI is InChI=1S/C17H31NO3/c1-7-20-14(19)17(5,18-6)11-21-13-10-12-8-9-16(13,4)15(12,2)3/h12-13,18H,7-11H2,1-6H3. The van der Waals surface area contributed by atoms with Gasteiger partial charge < -0.3 is 14.8 Å². The van der Waals surface area contributed by atoms with Crippen LogP contribution in [0.5, 0.6) is 0 Å². The van der Waals surface area contributed by atoms with E-state index in [-0.39, 0.29) is 17.5 Å². The Morgan fingerprint density at radius 3 is 2.48 bits per heavy atom. The van der Waals surface area contributed by atoms with E-state index in [0.717, 1.165) is 12.3 Å². The van der Waals surface area contributed by atoms with E-state index in [1.54, 1.807) is 7.05 Å². The highest BCUT2D eigenvalue weighted by molar-refractivity contribution is 5.80. The minimum absolute atomic E-state index is 0.223. The molecule has 1 N–H and O–H groups in total. The molecule has 122 valence electrons. The number of likely N-dealkylation sites (N-methyl/N-ethyl adjacent to an activating group) is 1.